The Hall–Kier alpha value is -3.53. The number of hydrogen-bond acceptors (Lipinski definition) is 6. The molecular weight excluding hydrogens is 530 g/mol. The average Bonchev–Trinajstić information content (AvgIpc) is 3.30. The number of likely N-dealkylation sites (tertiary alicyclic amines) is 2. The fourth-order valence-electron chi connectivity index (χ4n) is 5.82. The summed E-state index contributed by atoms with van der Waals surface area (Å²) in [4.78, 5) is 30.2. The van der Waals surface area contributed by atoms with Crippen LogP contribution in [0, 0.1) is 5.41 Å². The molecule has 2 fully saturated rings. The maximum atomic E-state index is 13.9. The lowest BCUT2D eigenvalue weighted by atomic mass is 9.71. The van der Waals surface area contributed by atoms with Crippen molar-refractivity contribution >= 4 is 32.9 Å². The number of amides is 2. The average molecular weight is 568 g/mol. The van der Waals surface area contributed by atoms with Crippen LogP contribution in [0.2, 0.25) is 0 Å². The minimum atomic E-state index is -3.87. The van der Waals surface area contributed by atoms with Gasteiger partial charge >= 0.3 is 6.09 Å². The summed E-state index contributed by atoms with van der Waals surface area (Å²) in [6.45, 7) is 7.43. The number of aromatic nitrogens is 1. The molecule has 0 saturated carbocycles. The molecule has 0 radical (unpaired) electrons. The number of rotatable bonds is 5. The third-order valence-electron chi connectivity index (χ3n) is 7.93. The zero-order chi connectivity index (χ0) is 28.7. The fourth-order valence-corrected chi connectivity index (χ4v) is 7.21. The number of ether oxygens (including phenoxy) is 2. The van der Waals surface area contributed by atoms with E-state index in [-0.39, 0.29) is 16.9 Å². The van der Waals surface area contributed by atoms with Crippen molar-refractivity contribution in [1.29, 1.82) is 0 Å². The van der Waals surface area contributed by atoms with E-state index in [9.17, 15) is 18.0 Å². The number of piperidine rings is 2. The van der Waals surface area contributed by atoms with Crippen molar-refractivity contribution in [2.75, 3.05) is 26.7 Å². The lowest BCUT2D eigenvalue weighted by Gasteiger charge is -2.46. The highest BCUT2D eigenvalue weighted by Gasteiger charge is 2.46. The Morgan fingerprint density at radius 1 is 0.975 bits per heavy atom. The van der Waals surface area contributed by atoms with Gasteiger partial charge in [0.25, 0.3) is 10.0 Å². The Morgan fingerprint density at radius 2 is 1.65 bits per heavy atom. The van der Waals surface area contributed by atoms with Crippen LogP contribution in [0.15, 0.2) is 59.6 Å². The van der Waals surface area contributed by atoms with Gasteiger partial charge in [-0.1, -0.05) is 18.2 Å². The highest BCUT2D eigenvalue weighted by molar-refractivity contribution is 7.90. The summed E-state index contributed by atoms with van der Waals surface area (Å²) in [5.74, 6) is 0.656. The molecule has 40 heavy (non-hydrogen) atoms. The van der Waals surface area contributed by atoms with Crippen LogP contribution in [-0.4, -0.2) is 66.5 Å². The SMILES string of the molecule is COc1ccc(S(=O)(=O)n2cc(CN3CCCC4(CCN(C(=O)OC(C)(C)C)CC4)C3=O)c3ccccc32)cc1. The topological polar surface area (TPSA) is 98.2 Å². The molecule has 2 aromatic carbocycles. The smallest absolute Gasteiger partial charge is 0.410 e. The van der Waals surface area contributed by atoms with Gasteiger partial charge in [0.15, 0.2) is 0 Å². The minimum absolute atomic E-state index is 0.0810. The van der Waals surface area contributed by atoms with Crippen molar-refractivity contribution in [1.82, 2.24) is 13.8 Å². The van der Waals surface area contributed by atoms with E-state index in [1.165, 1.54) is 23.2 Å². The zero-order valence-corrected chi connectivity index (χ0v) is 24.4. The Morgan fingerprint density at radius 3 is 2.30 bits per heavy atom. The molecule has 0 aliphatic carbocycles. The van der Waals surface area contributed by atoms with E-state index in [0.717, 1.165) is 23.8 Å². The van der Waals surface area contributed by atoms with E-state index in [1.807, 2.05) is 43.9 Å². The first-order valence-corrected chi connectivity index (χ1v) is 15.1. The standard InChI is InChI=1S/C30H37N3O6S/c1-29(2,3)39-28(35)31-18-15-30(16-19-31)14-7-17-32(27(30)34)20-22-21-33(26-9-6-5-8-25(22)26)40(36,37)24-12-10-23(38-4)11-13-24/h5-6,8-13,21H,7,14-20H2,1-4H3. The van der Waals surface area contributed by atoms with E-state index >= 15 is 0 Å². The van der Waals surface area contributed by atoms with Gasteiger partial charge in [-0.05, 0) is 82.3 Å². The van der Waals surface area contributed by atoms with Gasteiger partial charge in [0.2, 0.25) is 5.91 Å². The van der Waals surface area contributed by atoms with Gasteiger partial charge in [0, 0.05) is 37.8 Å². The molecule has 0 N–H and O–H groups in total. The van der Waals surface area contributed by atoms with Gasteiger partial charge < -0.3 is 19.3 Å². The third-order valence-corrected chi connectivity index (χ3v) is 9.62. The van der Waals surface area contributed by atoms with Crippen molar-refractivity contribution in [3.63, 3.8) is 0 Å². The molecule has 1 spiro atoms. The van der Waals surface area contributed by atoms with Crippen molar-refractivity contribution in [2.24, 2.45) is 5.41 Å². The molecule has 214 valence electrons. The van der Waals surface area contributed by atoms with Crippen molar-refractivity contribution < 1.29 is 27.5 Å². The van der Waals surface area contributed by atoms with Gasteiger partial charge in [0.1, 0.15) is 11.4 Å². The molecule has 1 aromatic heterocycles. The number of carbonyl (C=O) groups excluding carboxylic acids is 2. The fraction of sp³-hybridized carbons (Fsp3) is 0.467. The van der Waals surface area contributed by atoms with E-state index < -0.39 is 21.0 Å². The Bertz CT molecular complexity index is 1510. The van der Waals surface area contributed by atoms with E-state index in [1.54, 1.807) is 29.3 Å². The van der Waals surface area contributed by atoms with Crippen LogP contribution < -0.4 is 4.74 Å². The van der Waals surface area contributed by atoms with Crippen LogP contribution in [0.1, 0.15) is 52.0 Å². The normalized spacial score (nSPS) is 17.9. The summed E-state index contributed by atoms with van der Waals surface area (Å²) in [7, 11) is -2.34. The maximum absolute atomic E-state index is 13.9. The van der Waals surface area contributed by atoms with Gasteiger partial charge in [-0.15, -0.1) is 0 Å². The Balaban J connectivity index is 1.37. The van der Waals surface area contributed by atoms with E-state index in [2.05, 4.69) is 0 Å². The first-order chi connectivity index (χ1) is 18.9. The monoisotopic (exact) mass is 567 g/mol. The number of para-hydroxylation sites is 1. The van der Waals surface area contributed by atoms with Gasteiger partial charge in [0.05, 0.1) is 22.9 Å². The molecular formula is C30H37N3O6S. The zero-order valence-electron chi connectivity index (χ0n) is 23.6. The van der Waals surface area contributed by atoms with Crippen molar-refractivity contribution in [3.05, 3.63) is 60.3 Å². The van der Waals surface area contributed by atoms with E-state index in [4.69, 9.17) is 9.47 Å². The predicted octanol–water partition coefficient (Wildman–Crippen LogP) is 5.03. The highest BCUT2D eigenvalue weighted by Crippen LogP contribution is 2.42. The number of fused-ring (bicyclic) bond motifs is 1. The molecule has 3 aromatic rings. The molecule has 2 saturated heterocycles. The summed E-state index contributed by atoms with van der Waals surface area (Å²) in [5, 5.41) is 0.798. The summed E-state index contributed by atoms with van der Waals surface area (Å²) < 4.78 is 39.3. The number of carbonyl (C=O) groups is 2. The molecule has 3 heterocycles. The first-order valence-electron chi connectivity index (χ1n) is 13.7. The van der Waals surface area contributed by atoms with Crippen LogP contribution >= 0.6 is 0 Å². The van der Waals surface area contributed by atoms with Crippen LogP contribution in [-0.2, 0) is 26.1 Å². The van der Waals surface area contributed by atoms with E-state index in [0.29, 0.717) is 50.3 Å². The maximum Gasteiger partial charge on any atom is 0.410 e. The number of hydrogen-bond donors (Lipinski definition) is 0. The molecule has 9 nitrogen and oxygen atoms in total. The first kappa shape index (κ1) is 28.0. The summed E-state index contributed by atoms with van der Waals surface area (Å²) in [5.41, 5.74) is 0.274. The molecule has 10 heteroatoms. The molecule has 0 atom stereocenters. The molecule has 5 rings (SSSR count). The largest absolute Gasteiger partial charge is 0.497 e. The molecule has 0 unspecified atom stereocenters. The van der Waals surface area contributed by atoms with Crippen molar-refractivity contribution in [3.8, 4) is 5.75 Å². The van der Waals surface area contributed by atoms with Gasteiger partial charge in [-0.25, -0.2) is 17.2 Å². The van der Waals surface area contributed by atoms with Crippen LogP contribution in [0.5, 0.6) is 5.75 Å². The summed E-state index contributed by atoms with van der Waals surface area (Å²) >= 11 is 0. The molecule has 2 amide bonds. The van der Waals surface area contributed by atoms with Crippen LogP contribution in [0.4, 0.5) is 4.79 Å². The molecule has 2 aliphatic rings. The quantitative estimate of drug-likeness (QED) is 0.429. The molecule has 0 bridgehead atoms. The Kier molecular flexibility index (Phi) is 7.33. The predicted molar refractivity (Wildman–Crippen MR) is 152 cm³/mol. The van der Waals surface area contributed by atoms with Crippen molar-refractivity contribution in [2.45, 2.75) is 63.5 Å². The number of nitrogens with zero attached hydrogens (tertiary/aromatic N) is 3. The highest BCUT2D eigenvalue weighted by atomic mass is 32.2. The second-order valence-electron chi connectivity index (χ2n) is 11.7. The molecule has 2 aliphatic heterocycles. The van der Waals surface area contributed by atoms with Gasteiger partial charge in [-0.2, -0.15) is 0 Å². The lowest BCUT2D eigenvalue weighted by Crippen LogP contribution is -2.54. The lowest BCUT2D eigenvalue weighted by molar-refractivity contribution is -0.150. The number of benzene rings is 2. The third kappa shape index (κ3) is 5.29. The Labute approximate surface area is 235 Å². The minimum Gasteiger partial charge on any atom is -0.497 e. The van der Waals surface area contributed by atoms with Gasteiger partial charge in [-0.3, -0.25) is 4.79 Å². The second-order valence-corrected chi connectivity index (χ2v) is 13.5. The number of methoxy groups -OCH3 is 1. The van der Waals surface area contributed by atoms with Crippen LogP contribution in [0.25, 0.3) is 10.9 Å². The summed E-state index contributed by atoms with van der Waals surface area (Å²) in [6.07, 6.45) is 4.14. The summed E-state index contributed by atoms with van der Waals surface area (Å²) in [6, 6.07) is 13.7. The van der Waals surface area contributed by atoms with Crippen LogP contribution in [0.3, 0.4) is 0 Å². The second kappa shape index (κ2) is 10.5.